The van der Waals surface area contributed by atoms with Gasteiger partial charge in [-0.2, -0.15) is 0 Å². The molecule has 3 nitrogen and oxygen atoms in total. The summed E-state index contributed by atoms with van der Waals surface area (Å²) in [6, 6.07) is 0. The highest BCUT2D eigenvalue weighted by Crippen LogP contribution is 2.34. The van der Waals surface area contributed by atoms with Crippen LogP contribution < -0.4 is 0 Å². The lowest BCUT2D eigenvalue weighted by Gasteiger charge is -2.25. The van der Waals surface area contributed by atoms with Gasteiger partial charge in [-0.25, -0.2) is 0 Å². The molecule has 13 heavy (non-hydrogen) atoms. The molecule has 0 saturated heterocycles. The minimum Gasteiger partial charge on any atom is -0.497 e. The molecule has 1 unspecified atom stereocenters. The number of hydrogen-bond donors (Lipinski definition) is 0. The first-order chi connectivity index (χ1) is 6.15. The van der Waals surface area contributed by atoms with Gasteiger partial charge < -0.3 is 9.47 Å². The van der Waals surface area contributed by atoms with Crippen LogP contribution in [-0.2, 0) is 14.3 Å². The summed E-state index contributed by atoms with van der Waals surface area (Å²) in [5.41, 5.74) is -0.592. The van der Waals surface area contributed by atoms with Crippen molar-refractivity contribution >= 4 is 5.97 Å². The minimum atomic E-state index is -0.592. The summed E-state index contributed by atoms with van der Waals surface area (Å²) in [6.45, 7) is 6.07. The highest BCUT2D eigenvalue weighted by molar-refractivity contribution is 5.80. The lowest BCUT2D eigenvalue weighted by molar-refractivity contribution is -0.155. The molecule has 2 atom stereocenters. The van der Waals surface area contributed by atoms with E-state index in [9.17, 15) is 4.79 Å². The van der Waals surface area contributed by atoms with Gasteiger partial charge in [-0.05, 0) is 26.3 Å². The van der Waals surface area contributed by atoms with Crippen LogP contribution in [0.5, 0.6) is 0 Å². The highest BCUT2D eigenvalue weighted by Gasteiger charge is 2.44. The fourth-order valence-corrected chi connectivity index (χ4v) is 1.53. The van der Waals surface area contributed by atoms with Crippen LogP contribution in [0.2, 0.25) is 0 Å². The number of hydrogen-bond acceptors (Lipinski definition) is 3. The maximum absolute atomic E-state index is 11.6. The summed E-state index contributed by atoms with van der Waals surface area (Å²) in [6.07, 6.45) is 4.10. The molecule has 0 bridgehead atoms. The number of esters is 1. The molecule has 74 valence electrons. The van der Waals surface area contributed by atoms with Crippen molar-refractivity contribution < 1.29 is 14.3 Å². The van der Waals surface area contributed by atoms with Crippen molar-refractivity contribution in [1.82, 2.24) is 0 Å². The third-order valence-corrected chi connectivity index (χ3v) is 2.41. The number of carbonyl (C=O) groups is 1. The molecule has 0 radical (unpaired) electrons. The molecule has 0 amide bonds. The molecule has 0 aromatic carbocycles. The van der Waals surface area contributed by atoms with Gasteiger partial charge in [0.05, 0.1) is 12.9 Å². The molecule has 1 aliphatic heterocycles. The maximum atomic E-state index is 11.6. The van der Waals surface area contributed by atoms with Crippen molar-refractivity contribution in [2.24, 2.45) is 5.41 Å². The van der Waals surface area contributed by atoms with Crippen LogP contribution in [0.3, 0.4) is 0 Å². The Morgan fingerprint density at radius 1 is 1.62 bits per heavy atom. The fraction of sp³-hybridized carbons (Fsp3) is 0.700. The molecule has 0 N–H and O–H groups in total. The van der Waals surface area contributed by atoms with Gasteiger partial charge in [-0.15, -0.1) is 0 Å². The van der Waals surface area contributed by atoms with E-state index in [0.29, 0.717) is 6.61 Å². The molecule has 1 rings (SSSR count). The third-order valence-electron chi connectivity index (χ3n) is 2.41. The second kappa shape index (κ2) is 3.81. The van der Waals surface area contributed by atoms with Crippen molar-refractivity contribution in [1.29, 1.82) is 0 Å². The average Bonchev–Trinajstić information content (AvgIpc) is 2.48. The Morgan fingerprint density at radius 3 is 2.85 bits per heavy atom. The van der Waals surface area contributed by atoms with E-state index in [1.807, 2.05) is 20.8 Å². The Hall–Kier alpha value is -0.990. The monoisotopic (exact) mass is 184 g/mol. The fourth-order valence-electron chi connectivity index (χ4n) is 1.53. The zero-order valence-electron chi connectivity index (χ0n) is 8.37. The van der Waals surface area contributed by atoms with E-state index in [4.69, 9.17) is 9.47 Å². The minimum absolute atomic E-state index is 0.0773. The van der Waals surface area contributed by atoms with Crippen LogP contribution in [0.15, 0.2) is 12.3 Å². The van der Waals surface area contributed by atoms with E-state index in [1.54, 1.807) is 12.3 Å². The molecule has 0 aromatic heterocycles. The Balaban J connectivity index is 2.73. The Kier molecular flexibility index (Phi) is 2.96. The topological polar surface area (TPSA) is 35.5 Å². The van der Waals surface area contributed by atoms with E-state index in [1.165, 1.54) is 0 Å². The standard InChI is InChI=1S/C10H16O3/c1-4-8-10(3,6-7-13-8)9(11)12-5-2/h6-8H,4-5H2,1-3H3/t8?,10-/m0/s1. The van der Waals surface area contributed by atoms with Gasteiger partial charge in [-0.3, -0.25) is 4.79 Å². The van der Waals surface area contributed by atoms with Gasteiger partial charge >= 0.3 is 5.97 Å². The second-order valence-corrected chi connectivity index (χ2v) is 3.34. The smallest absolute Gasteiger partial charge is 0.319 e. The molecular weight excluding hydrogens is 168 g/mol. The van der Waals surface area contributed by atoms with Crippen LogP contribution in [0.25, 0.3) is 0 Å². The van der Waals surface area contributed by atoms with Crippen molar-refractivity contribution in [3.05, 3.63) is 12.3 Å². The van der Waals surface area contributed by atoms with E-state index >= 15 is 0 Å². The quantitative estimate of drug-likeness (QED) is 0.628. The van der Waals surface area contributed by atoms with Crippen LogP contribution in [0, 0.1) is 5.41 Å². The summed E-state index contributed by atoms with van der Waals surface area (Å²) < 4.78 is 10.3. The van der Waals surface area contributed by atoms with E-state index in [-0.39, 0.29) is 12.1 Å². The summed E-state index contributed by atoms with van der Waals surface area (Å²) in [7, 11) is 0. The van der Waals surface area contributed by atoms with E-state index < -0.39 is 5.41 Å². The largest absolute Gasteiger partial charge is 0.497 e. The molecule has 1 heterocycles. The Bertz CT molecular complexity index is 222. The Morgan fingerprint density at radius 2 is 2.31 bits per heavy atom. The molecule has 1 aliphatic rings. The van der Waals surface area contributed by atoms with Crippen LogP contribution in [0.4, 0.5) is 0 Å². The summed E-state index contributed by atoms with van der Waals surface area (Å²) in [4.78, 5) is 11.6. The molecule has 0 fully saturated rings. The number of ether oxygens (including phenoxy) is 2. The number of rotatable bonds is 3. The zero-order chi connectivity index (χ0) is 9.90. The molecule has 3 heteroatoms. The molecular formula is C10H16O3. The summed E-state index contributed by atoms with van der Waals surface area (Å²) in [5.74, 6) is -0.199. The van der Waals surface area contributed by atoms with Gasteiger partial charge in [0.15, 0.2) is 0 Å². The summed E-state index contributed by atoms with van der Waals surface area (Å²) >= 11 is 0. The van der Waals surface area contributed by atoms with E-state index in [0.717, 1.165) is 6.42 Å². The van der Waals surface area contributed by atoms with Gasteiger partial charge in [0.25, 0.3) is 0 Å². The van der Waals surface area contributed by atoms with Gasteiger partial charge in [0.1, 0.15) is 11.5 Å². The van der Waals surface area contributed by atoms with Gasteiger partial charge in [-0.1, -0.05) is 6.92 Å². The van der Waals surface area contributed by atoms with Crippen molar-refractivity contribution in [3.8, 4) is 0 Å². The first-order valence-corrected chi connectivity index (χ1v) is 4.65. The predicted molar refractivity (Wildman–Crippen MR) is 49.0 cm³/mol. The SMILES string of the molecule is CCOC(=O)[C@@]1(C)C=COC1CC. The maximum Gasteiger partial charge on any atom is 0.319 e. The lowest BCUT2D eigenvalue weighted by Crippen LogP contribution is -2.37. The molecule has 0 saturated carbocycles. The van der Waals surface area contributed by atoms with Crippen LogP contribution in [0.1, 0.15) is 27.2 Å². The van der Waals surface area contributed by atoms with Gasteiger partial charge in [0.2, 0.25) is 0 Å². The van der Waals surface area contributed by atoms with Crippen molar-refractivity contribution in [2.75, 3.05) is 6.61 Å². The third kappa shape index (κ3) is 1.69. The van der Waals surface area contributed by atoms with Crippen molar-refractivity contribution in [2.45, 2.75) is 33.3 Å². The molecule has 0 spiro atoms. The van der Waals surface area contributed by atoms with Crippen molar-refractivity contribution in [3.63, 3.8) is 0 Å². The van der Waals surface area contributed by atoms with Crippen LogP contribution >= 0.6 is 0 Å². The average molecular weight is 184 g/mol. The van der Waals surface area contributed by atoms with Gasteiger partial charge in [0, 0.05) is 0 Å². The Labute approximate surface area is 78.7 Å². The second-order valence-electron chi connectivity index (χ2n) is 3.34. The normalized spacial score (nSPS) is 31.5. The zero-order valence-corrected chi connectivity index (χ0v) is 8.37. The summed E-state index contributed by atoms with van der Waals surface area (Å²) in [5, 5.41) is 0. The van der Waals surface area contributed by atoms with Crippen LogP contribution in [-0.4, -0.2) is 18.7 Å². The first-order valence-electron chi connectivity index (χ1n) is 4.65. The predicted octanol–water partition coefficient (Wildman–Crippen LogP) is 1.88. The molecule has 0 aromatic rings. The number of carbonyl (C=O) groups excluding carboxylic acids is 1. The molecule has 0 aliphatic carbocycles. The highest BCUT2D eigenvalue weighted by atomic mass is 16.5. The lowest BCUT2D eigenvalue weighted by atomic mass is 9.84. The van der Waals surface area contributed by atoms with E-state index in [2.05, 4.69) is 0 Å². The first kappa shape index (κ1) is 10.1.